The summed E-state index contributed by atoms with van der Waals surface area (Å²) in [5, 5.41) is 1.84. The van der Waals surface area contributed by atoms with Crippen LogP contribution in [0.4, 0.5) is 0 Å². The van der Waals surface area contributed by atoms with Crippen LogP contribution in [0.25, 0.3) is 27.6 Å². The molecule has 7 heteroatoms. The van der Waals surface area contributed by atoms with Crippen molar-refractivity contribution in [2.45, 2.75) is 12.1 Å². The summed E-state index contributed by atoms with van der Waals surface area (Å²) in [6, 6.07) is 18.6. The van der Waals surface area contributed by atoms with Crippen molar-refractivity contribution in [2.24, 2.45) is 0 Å². The topological polar surface area (TPSA) is 80.6 Å². The Hall–Kier alpha value is -3.71. The standard InChI is InChI=1S/C24H18N4O2S/c1-15-10-11-25-22(12-15)28-23(30)17-7-3-5-9-20(17)27-24(28)31-14-21(29)18-13-26-19-8-4-2-6-16(18)19/h2-13,26H,14H2,1H3. The molecule has 152 valence electrons. The Morgan fingerprint density at radius 1 is 1.06 bits per heavy atom. The summed E-state index contributed by atoms with van der Waals surface area (Å²) in [6.07, 6.45) is 3.40. The molecule has 0 aliphatic rings. The lowest BCUT2D eigenvalue weighted by molar-refractivity contribution is 0.102. The second kappa shape index (κ2) is 7.85. The Kier molecular flexibility index (Phi) is 4.88. The van der Waals surface area contributed by atoms with Crippen LogP contribution in [0, 0.1) is 6.92 Å². The van der Waals surface area contributed by atoms with Crippen LogP contribution in [0.15, 0.2) is 83.0 Å². The molecule has 1 N–H and O–H groups in total. The number of benzene rings is 2. The minimum absolute atomic E-state index is 0.0337. The number of H-pyrrole nitrogens is 1. The molecule has 0 unspecified atom stereocenters. The first kappa shape index (κ1) is 19.3. The van der Waals surface area contributed by atoms with Crippen LogP contribution in [0.2, 0.25) is 0 Å². The molecule has 0 amide bonds. The maximum Gasteiger partial charge on any atom is 0.267 e. The normalized spacial score (nSPS) is 11.3. The largest absolute Gasteiger partial charge is 0.360 e. The van der Waals surface area contributed by atoms with E-state index in [2.05, 4.69) is 15.0 Å². The molecule has 31 heavy (non-hydrogen) atoms. The van der Waals surface area contributed by atoms with Gasteiger partial charge in [-0.3, -0.25) is 9.59 Å². The van der Waals surface area contributed by atoms with E-state index in [1.807, 2.05) is 55.5 Å². The van der Waals surface area contributed by atoms with E-state index in [0.29, 0.717) is 27.4 Å². The monoisotopic (exact) mass is 426 g/mol. The van der Waals surface area contributed by atoms with Gasteiger partial charge < -0.3 is 4.98 Å². The number of nitrogens with zero attached hydrogens (tertiary/aromatic N) is 3. The summed E-state index contributed by atoms with van der Waals surface area (Å²) >= 11 is 1.24. The number of pyridine rings is 1. The molecule has 0 aliphatic heterocycles. The van der Waals surface area contributed by atoms with Gasteiger partial charge in [0.05, 0.1) is 16.7 Å². The predicted octanol–water partition coefficient (Wildman–Crippen LogP) is 4.55. The van der Waals surface area contributed by atoms with E-state index >= 15 is 0 Å². The number of hydrogen-bond donors (Lipinski definition) is 1. The molecule has 0 bridgehead atoms. The third-order valence-electron chi connectivity index (χ3n) is 5.10. The van der Waals surface area contributed by atoms with Gasteiger partial charge in [-0.05, 0) is 42.8 Å². The van der Waals surface area contributed by atoms with Crippen LogP contribution >= 0.6 is 11.8 Å². The highest BCUT2D eigenvalue weighted by atomic mass is 32.2. The summed E-state index contributed by atoms with van der Waals surface area (Å²) < 4.78 is 1.49. The van der Waals surface area contributed by atoms with Crippen molar-refractivity contribution >= 4 is 39.4 Å². The lowest BCUT2D eigenvalue weighted by atomic mass is 10.1. The molecular formula is C24H18N4O2S. The van der Waals surface area contributed by atoms with Gasteiger partial charge in [-0.1, -0.05) is 42.1 Å². The number of para-hydroxylation sites is 2. The number of aromatic amines is 1. The molecule has 0 saturated heterocycles. The van der Waals surface area contributed by atoms with Crippen molar-refractivity contribution < 1.29 is 4.79 Å². The third kappa shape index (κ3) is 3.53. The Labute approximate surface area is 182 Å². The average Bonchev–Trinajstić information content (AvgIpc) is 3.22. The van der Waals surface area contributed by atoms with E-state index < -0.39 is 0 Å². The first-order valence-electron chi connectivity index (χ1n) is 9.79. The van der Waals surface area contributed by atoms with Crippen LogP contribution in [-0.4, -0.2) is 31.1 Å². The molecule has 5 rings (SSSR count). The van der Waals surface area contributed by atoms with E-state index in [4.69, 9.17) is 0 Å². The third-order valence-corrected chi connectivity index (χ3v) is 6.04. The molecule has 0 spiro atoms. The van der Waals surface area contributed by atoms with Gasteiger partial charge in [-0.25, -0.2) is 14.5 Å². The molecule has 0 atom stereocenters. The minimum Gasteiger partial charge on any atom is -0.360 e. The van der Waals surface area contributed by atoms with Gasteiger partial charge in [0, 0.05) is 28.9 Å². The molecule has 0 radical (unpaired) electrons. The van der Waals surface area contributed by atoms with Gasteiger partial charge in [0.15, 0.2) is 10.9 Å². The SMILES string of the molecule is Cc1ccnc(-n2c(SCC(=O)c3c[nH]c4ccccc34)nc3ccccc3c2=O)c1. The van der Waals surface area contributed by atoms with Crippen molar-refractivity contribution in [1.82, 2.24) is 19.5 Å². The smallest absolute Gasteiger partial charge is 0.267 e. The predicted molar refractivity (Wildman–Crippen MR) is 123 cm³/mol. The fraction of sp³-hybridized carbons (Fsp3) is 0.0833. The van der Waals surface area contributed by atoms with Crippen molar-refractivity contribution in [3.63, 3.8) is 0 Å². The van der Waals surface area contributed by atoms with E-state index in [-0.39, 0.29) is 17.1 Å². The molecule has 6 nitrogen and oxygen atoms in total. The van der Waals surface area contributed by atoms with Crippen LogP contribution < -0.4 is 5.56 Å². The number of fused-ring (bicyclic) bond motifs is 2. The van der Waals surface area contributed by atoms with Gasteiger partial charge >= 0.3 is 0 Å². The van der Waals surface area contributed by atoms with Gasteiger partial charge in [0.2, 0.25) is 0 Å². The summed E-state index contributed by atoms with van der Waals surface area (Å²) in [6.45, 7) is 1.94. The maximum absolute atomic E-state index is 13.3. The van der Waals surface area contributed by atoms with Crippen molar-refractivity contribution in [3.8, 4) is 5.82 Å². The van der Waals surface area contributed by atoms with Crippen molar-refractivity contribution in [2.75, 3.05) is 5.75 Å². The zero-order chi connectivity index (χ0) is 21.4. The second-order valence-electron chi connectivity index (χ2n) is 7.20. The van der Waals surface area contributed by atoms with E-state index in [0.717, 1.165) is 16.5 Å². The number of hydrogen-bond acceptors (Lipinski definition) is 5. The van der Waals surface area contributed by atoms with Crippen LogP contribution in [0.3, 0.4) is 0 Å². The summed E-state index contributed by atoms with van der Waals surface area (Å²) in [5.74, 6) is 0.609. The fourth-order valence-corrected chi connectivity index (χ4v) is 4.45. The maximum atomic E-state index is 13.3. The Morgan fingerprint density at radius 3 is 2.68 bits per heavy atom. The lowest BCUT2D eigenvalue weighted by Crippen LogP contribution is -2.23. The number of aryl methyl sites for hydroxylation is 1. The lowest BCUT2D eigenvalue weighted by Gasteiger charge is -2.12. The number of rotatable bonds is 5. The molecule has 5 aromatic rings. The molecule has 0 fully saturated rings. The number of aromatic nitrogens is 4. The highest BCUT2D eigenvalue weighted by molar-refractivity contribution is 7.99. The number of carbonyl (C=O) groups excluding carboxylic acids is 1. The van der Waals surface area contributed by atoms with Crippen LogP contribution in [0.1, 0.15) is 15.9 Å². The molecular weight excluding hydrogens is 408 g/mol. The van der Waals surface area contributed by atoms with Crippen molar-refractivity contribution in [1.29, 1.82) is 0 Å². The zero-order valence-corrected chi connectivity index (χ0v) is 17.5. The summed E-state index contributed by atoms with van der Waals surface area (Å²) in [7, 11) is 0. The van der Waals surface area contributed by atoms with E-state index in [1.165, 1.54) is 16.3 Å². The Balaban J connectivity index is 1.56. The quantitative estimate of drug-likeness (QED) is 0.253. The first-order chi connectivity index (χ1) is 15.1. The van der Waals surface area contributed by atoms with Gasteiger partial charge in [-0.2, -0.15) is 0 Å². The molecule has 0 saturated carbocycles. The van der Waals surface area contributed by atoms with Crippen LogP contribution in [0.5, 0.6) is 0 Å². The Bertz CT molecular complexity index is 1500. The number of nitrogens with one attached hydrogen (secondary N) is 1. The number of carbonyl (C=O) groups is 1. The minimum atomic E-state index is -0.203. The van der Waals surface area contributed by atoms with E-state index in [9.17, 15) is 9.59 Å². The van der Waals surface area contributed by atoms with Crippen LogP contribution in [-0.2, 0) is 0 Å². The summed E-state index contributed by atoms with van der Waals surface area (Å²) in [5.41, 5.74) is 2.92. The van der Waals surface area contributed by atoms with Gasteiger partial charge in [0.25, 0.3) is 5.56 Å². The zero-order valence-electron chi connectivity index (χ0n) is 16.7. The summed E-state index contributed by atoms with van der Waals surface area (Å²) in [4.78, 5) is 38.5. The fourth-order valence-electron chi connectivity index (χ4n) is 3.56. The second-order valence-corrected chi connectivity index (χ2v) is 8.15. The molecule has 3 aromatic heterocycles. The molecule has 2 aromatic carbocycles. The van der Waals surface area contributed by atoms with Crippen molar-refractivity contribution in [3.05, 3.63) is 94.5 Å². The highest BCUT2D eigenvalue weighted by Crippen LogP contribution is 2.24. The molecule has 0 aliphatic carbocycles. The first-order valence-corrected chi connectivity index (χ1v) is 10.8. The highest BCUT2D eigenvalue weighted by Gasteiger charge is 2.17. The molecule has 3 heterocycles. The van der Waals surface area contributed by atoms with Gasteiger partial charge in [0.1, 0.15) is 5.82 Å². The average molecular weight is 427 g/mol. The van der Waals surface area contributed by atoms with Gasteiger partial charge in [-0.15, -0.1) is 0 Å². The number of ketones is 1. The number of thioether (sulfide) groups is 1. The Morgan fingerprint density at radius 2 is 1.84 bits per heavy atom. The van der Waals surface area contributed by atoms with E-state index in [1.54, 1.807) is 24.5 Å². The number of Topliss-reactive ketones (excluding diaryl/α,β-unsaturated/α-hetero) is 1.